The lowest BCUT2D eigenvalue weighted by Crippen LogP contribution is -2.12. The minimum Gasteiger partial charge on any atom is -0.487 e. The van der Waals surface area contributed by atoms with Gasteiger partial charge in [-0.15, -0.1) is 0 Å². The van der Waals surface area contributed by atoms with Gasteiger partial charge in [-0.25, -0.2) is 0 Å². The highest BCUT2D eigenvalue weighted by molar-refractivity contribution is 7.86. The van der Waals surface area contributed by atoms with Crippen LogP contribution >= 0.6 is 0 Å². The first kappa shape index (κ1) is 15.7. The lowest BCUT2D eigenvalue weighted by atomic mass is 10.3. The fraction of sp³-hybridized carbons (Fsp3) is 0.583. The van der Waals surface area contributed by atoms with E-state index in [0.717, 1.165) is 19.1 Å². The molecule has 108 valence electrons. The van der Waals surface area contributed by atoms with Crippen molar-refractivity contribution in [2.75, 3.05) is 12.9 Å². The van der Waals surface area contributed by atoms with E-state index in [1.54, 1.807) is 0 Å². The molecule has 0 aliphatic rings. The van der Waals surface area contributed by atoms with Crippen LogP contribution in [0.25, 0.3) is 0 Å². The summed E-state index contributed by atoms with van der Waals surface area (Å²) in [6.07, 6.45) is 3.06. The van der Waals surface area contributed by atoms with Crippen LogP contribution in [0.5, 0.6) is 5.75 Å². The van der Waals surface area contributed by atoms with E-state index < -0.39 is 16.2 Å². The summed E-state index contributed by atoms with van der Waals surface area (Å²) in [5.74, 6) is 0.252. The molecule has 0 radical (unpaired) electrons. The molecule has 1 aromatic rings. The second kappa shape index (κ2) is 6.72. The van der Waals surface area contributed by atoms with Crippen molar-refractivity contribution in [2.45, 2.75) is 32.8 Å². The molecule has 0 saturated carbocycles. The Morgan fingerprint density at radius 3 is 2.63 bits per heavy atom. The summed E-state index contributed by atoms with van der Waals surface area (Å²) in [6.45, 7) is 3.94. The fourth-order valence-electron chi connectivity index (χ4n) is 1.37. The first-order chi connectivity index (χ1) is 8.83. The Morgan fingerprint density at radius 1 is 1.42 bits per heavy atom. The zero-order chi connectivity index (χ0) is 14.5. The van der Waals surface area contributed by atoms with Gasteiger partial charge in [0.1, 0.15) is 18.1 Å². The lowest BCUT2D eigenvalue weighted by molar-refractivity contribution is 0.198. The lowest BCUT2D eigenvalue weighted by Gasteiger charge is -2.10. The van der Waals surface area contributed by atoms with Crippen LogP contribution < -0.4 is 10.2 Å². The summed E-state index contributed by atoms with van der Waals surface area (Å²) < 4.78 is 37.1. The summed E-state index contributed by atoms with van der Waals surface area (Å²) in [4.78, 5) is 11.7. The van der Waals surface area contributed by atoms with Crippen LogP contribution in [-0.4, -0.2) is 21.3 Å². The van der Waals surface area contributed by atoms with Crippen LogP contribution in [0.15, 0.2) is 21.5 Å². The van der Waals surface area contributed by atoms with Crippen LogP contribution in [-0.2, 0) is 14.3 Å². The van der Waals surface area contributed by atoms with Gasteiger partial charge in [0.25, 0.3) is 10.1 Å². The fourth-order valence-corrected chi connectivity index (χ4v) is 1.99. The van der Waals surface area contributed by atoms with E-state index >= 15 is 0 Å². The number of rotatable bonds is 7. The van der Waals surface area contributed by atoms with Gasteiger partial charge in [0.15, 0.2) is 0 Å². The standard InChI is InChI=1S/C12H18O6S/c1-4-5-6-16-12-8-17-11(7-10(12)13)9(2)18-19(3,14)15/h7-9H,4-6H2,1-3H3. The van der Waals surface area contributed by atoms with Gasteiger partial charge < -0.3 is 9.15 Å². The summed E-state index contributed by atoms with van der Waals surface area (Å²) in [5, 5.41) is 0. The molecular formula is C12H18O6S. The second-order valence-electron chi connectivity index (χ2n) is 4.16. The predicted octanol–water partition coefficient (Wildman–Crippen LogP) is 1.86. The van der Waals surface area contributed by atoms with Crippen molar-refractivity contribution in [3.05, 3.63) is 28.3 Å². The minimum atomic E-state index is -3.61. The molecule has 0 amide bonds. The van der Waals surface area contributed by atoms with Crippen LogP contribution in [0.2, 0.25) is 0 Å². The average Bonchev–Trinajstić information content (AvgIpc) is 2.29. The molecule has 0 aliphatic heterocycles. The van der Waals surface area contributed by atoms with Crippen LogP contribution in [0.4, 0.5) is 0 Å². The first-order valence-electron chi connectivity index (χ1n) is 5.97. The van der Waals surface area contributed by atoms with Gasteiger partial charge >= 0.3 is 0 Å². The molecule has 0 bridgehead atoms. The maximum absolute atomic E-state index is 11.7. The molecule has 0 N–H and O–H groups in total. The average molecular weight is 290 g/mol. The Labute approximate surface area is 112 Å². The summed E-state index contributed by atoms with van der Waals surface area (Å²) in [6, 6.07) is 1.18. The van der Waals surface area contributed by atoms with Crippen molar-refractivity contribution in [1.29, 1.82) is 0 Å². The quantitative estimate of drug-likeness (QED) is 0.563. The Hall–Kier alpha value is -1.34. The van der Waals surface area contributed by atoms with E-state index in [0.29, 0.717) is 6.61 Å². The largest absolute Gasteiger partial charge is 0.487 e. The van der Waals surface area contributed by atoms with Gasteiger partial charge in [-0.3, -0.25) is 8.98 Å². The molecule has 6 nitrogen and oxygen atoms in total. The van der Waals surface area contributed by atoms with Gasteiger partial charge in [0, 0.05) is 6.07 Å². The third-order valence-corrected chi connectivity index (χ3v) is 2.93. The zero-order valence-corrected chi connectivity index (χ0v) is 12.0. The molecule has 1 aromatic heterocycles. The van der Waals surface area contributed by atoms with Crippen molar-refractivity contribution in [3.63, 3.8) is 0 Å². The molecule has 7 heteroatoms. The van der Waals surface area contributed by atoms with Crippen molar-refractivity contribution >= 4 is 10.1 Å². The zero-order valence-electron chi connectivity index (χ0n) is 11.2. The topological polar surface area (TPSA) is 82.8 Å². The van der Waals surface area contributed by atoms with Crippen LogP contribution in [0.3, 0.4) is 0 Å². The van der Waals surface area contributed by atoms with E-state index in [1.165, 1.54) is 19.3 Å². The van der Waals surface area contributed by atoms with Gasteiger partial charge in [-0.1, -0.05) is 13.3 Å². The Bertz CT molecular complexity index is 560. The molecule has 19 heavy (non-hydrogen) atoms. The van der Waals surface area contributed by atoms with Gasteiger partial charge in [-0.05, 0) is 13.3 Å². The van der Waals surface area contributed by atoms with Crippen molar-refractivity contribution in [1.82, 2.24) is 0 Å². The molecular weight excluding hydrogens is 272 g/mol. The van der Waals surface area contributed by atoms with Crippen molar-refractivity contribution in [3.8, 4) is 5.75 Å². The Kier molecular flexibility index (Phi) is 5.56. The third-order valence-electron chi connectivity index (χ3n) is 2.29. The van der Waals surface area contributed by atoms with E-state index in [1.807, 2.05) is 6.92 Å². The smallest absolute Gasteiger partial charge is 0.265 e. The highest BCUT2D eigenvalue weighted by Crippen LogP contribution is 2.19. The Morgan fingerprint density at radius 2 is 2.11 bits per heavy atom. The molecule has 0 saturated heterocycles. The molecule has 1 rings (SSSR count). The van der Waals surface area contributed by atoms with E-state index in [9.17, 15) is 13.2 Å². The van der Waals surface area contributed by atoms with Crippen molar-refractivity contribution < 1.29 is 21.8 Å². The maximum atomic E-state index is 11.7. The van der Waals surface area contributed by atoms with Crippen LogP contribution in [0.1, 0.15) is 38.6 Å². The van der Waals surface area contributed by atoms with Gasteiger partial charge in [0.05, 0.1) is 12.9 Å². The number of hydrogen-bond donors (Lipinski definition) is 0. The molecule has 1 unspecified atom stereocenters. The predicted molar refractivity (Wildman–Crippen MR) is 69.7 cm³/mol. The number of ether oxygens (including phenoxy) is 1. The maximum Gasteiger partial charge on any atom is 0.265 e. The van der Waals surface area contributed by atoms with Gasteiger partial charge in [0.2, 0.25) is 11.2 Å². The van der Waals surface area contributed by atoms with Gasteiger partial charge in [-0.2, -0.15) is 8.42 Å². The number of unbranched alkanes of at least 4 members (excludes halogenated alkanes) is 1. The molecule has 0 spiro atoms. The van der Waals surface area contributed by atoms with E-state index in [2.05, 4.69) is 0 Å². The first-order valence-corrected chi connectivity index (χ1v) is 7.79. The molecule has 0 aromatic carbocycles. The van der Waals surface area contributed by atoms with Crippen molar-refractivity contribution in [2.24, 2.45) is 0 Å². The summed E-state index contributed by atoms with van der Waals surface area (Å²) in [5.41, 5.74) is -0.360. The molecule has 1 heterocycles. The van der Waals surface area contributed by atoms with E-state index in [-0.39, 0.29) is 16.9 Å². The molecule has 1 atom stereocenters. The molecule has 0 fully saturated rings. The SMILES string of the molecule is CCCCOc1coc(C(C)OS(C)(=O)=O)cc1=O. The van der Waals surface area contributed by atoms with E-state index in [4.69, 9.17) is 13.3 Å². The number of hydrogen-bond acceptors (Lipinski definition) is 6. The third kappa shape index (κ3) is 5.44. The Balaban J connectivity index is 2.79. The van der Waals surface area contributed by atoms with Crippen LogP contribution in [0, 0.1) is 0 Å². The monoisotopic (exact) mass is 290 g/mol. The minimum absolute atomic E-state index is 0.115. The summed E-state index contributed by atoms with van der Waals surface area (Å²) >= 11 is 0. The second-order valence-corrected chi connectivity index (χ2v) is 5.76. The highest BCUT2D eigenvalue weighted by Gasteiger charge is 2.16. The molecule has 0 aliphatic carbocycles. The highest BCUT2D eigenvalue weighted by atomic mass is 32.2. The summed E-state index contributed by atoms with van der Waals surface area (Å²) in [7, 11) is -3.61. The normalized spacial score (nSPS) is 13.2.